The van der Waals surface area contributed by atoms with E-state index in [0.717, 1.165) is 24.3 Å². The lowest BCUT2D eigenvalue weighted by Gasteiger charge is -2.21. The van der Waals surface area contributed by atoms with Crippen LogP contribution < -0.4 is 0 Å². The van der Waals surface area contributed by atoms with Crippen molar-refractivity contribution in [3.05, 3.63) is 30.1 Å². The van der Waals surface area contributed by atoms with Gasteiger partial charge >= 0.3 is 0 Å². The molecule has 1 atom stereocenters. The Morgan fingerprint density at radius 2 is 1.94 bits per heavy atom. The van der Waals surface area contributed by atoms with Gasteiger partial charge < -0.3 is 0 Å². The number of carbonyl (C=O) groups is 1. The maximum atomic E-state index is 12.2. The molecule has 1 fully saturated rings. The molecule has 0 aromatic carbocycles. The molecule has 2 nitrogen and oxygen atoms in total. The van der Waals surface area contributed by atoms with Gasteiger partial charge in [-0.05, 0) is 30.0 Å². The lowest BCUT2D eigenvalue weighted by Crippen LogP contribution is -2.13. The van der Waals surface area contributed by atoms with Crippen molar-refractivity contribution in [3.8, 4) is 0 Å². The van der Waals surface area contributed by atoms with Gasteiger partial charge in [-0.25, -0.2) is 0 Å². The molecule has 0 aliphatic heterocycles. The Kier molecular flexibility index (Phi) is 4.91. The summed E-state index contributed by atoms with van der Waals surface area (Å²) in [6.45, 7) is 2.01. The first-order valence-electron chi connectivity index (χ1n) is 7.20. The van der Waals surface area contributed by atoms with E-state index in [4.69, 9.17) is 0 Å². The summed E-state index contributed by atoms with van der Waals surface area (Å²) >= 11 is 0. The average molecular weight is 245 g/mol. The van der Waals surface area contributed by atoms with Gasteiger partial charge in [0, 0.05) is 24.7 Å². The molecular formula is C16H23NO. The Morgan fingerprint density at radius 3 is 2.61 bits per heavy atom. The van der Waals surface area contributed by atoms with Crippen LogP contribution in [-0.4, -0.2) is 10.8 Å². The van der Waals surface area contributed by atoms with Crippen molar-refractivity contribution < 1.29 is 4.79 Å². The molecule has 0 saturated heterocycles. The lowest BCUT2D eigenvalue weighted by atomic mass is 9.84. The molecule has 1 unspecified atom stereocenters. The maximum Gasteiger partial charge on any atom is 0.140 e. The number of aromatic nitrogens is 1. The highest BCUT2D eigenvalue weighted by Crippen LogP contribution is 2.28. The summed E-state index contributed by atoms with van der Waals surface area (Å²) in [5.41, 5.74) is 1.10. The molecule has 18 heavy (non-hydrogen) atoms. The van der Waals surface area contributed by atoms with Crippen LogP contribution in [0.5, 0.6) is 0 Å². The third-order valence-electron chi connectivity index (χ3n) is 4.21. The fourth-order valence-electron chi connectivity index (χ4n) is 2.88. The Balaban J connectivity index is 1.80. The summed E-state index contributed by atoms with van der Waals surface area (Å²) in [6.07, 6.45) is 12.1. The smallest absolute Gasteiger partial charge is 0.140 e. The SMILES string of the molecule is CC(C(=O)CCC1CCCCC1)c1ccncc1. The minimum Gasteiger partial charge on any atom is -0.299 e. The van der Waals surface area contributed by atoms with Gasteiger partial charge in [0.15, 0.2) is 0 Å². The molecule has 1 aromatic rings. The third-order valence-corrected chi connectivity index (χ3v) is 4.21. The molecule has 1 aliphatic carbocycles. The molecule has 1 aliphatic rings. The van der Waals surface area contributed by atoms with E-state index in [-0.39, 0.29) is 5.92 Å². The fourth-order valence-corrected chi connectivity index (χ4v) is 2.88. The number of carbonyl (C=O) groups excluding carboxylic acids is 1. The maximum absolute atomic E-state index is 12.2. The quantitative estimate of drug-likeness (QED) is 0.781. The Morgan fingerprint density at radius 1 is 1.28 bits per heavy atom. The van der Waals surface area contributed by atoms with Crippen molar-refractivity contribution in [1.29, 1.82) is 0 Å². The van der Waals surface area contributed by atoms with Gasteiger partial charge in [-0.2, -0.15) is 0 Å². The monoisotopic (exact) mass is 245 g/mol. The van der Waals surface area contributed by atoms with Crippen LogP contribution in [0.1, 0.15) is 63.4 Å². The number of hydrogen-bond acceptors (Lipinski definition) is 2. The average Bonchev–Trinajstić information content (AvgIpc) is 2.46. The first-order chi connectivity index (χ1) is 8.77. The second-order valence-electron chi connectivity index (χ2n) is 5.51. The van der Waals surface area contributed by atoms with Gasteiger partial charge in [0.25, 0.3) is 0 Å². The third kappa shape index (κ3) is 3.66. The minimum atomic E-state index is 0.0246. The highest BCUT2D eigenvalue weighted by Gasteiger charge is 2.18. The predicted molar refractivity (Wildman–Crippen MR) is 73.5 cm³/mol. The molecule has 2 rings (SSSR count). The highest BCUT2D eigenvalue weighted by molar-refractivity contribution is 5.85. The van der Waals surface area contributed by atoms with E-state index in [2.05, 4.69) is 4.98 Å². The van der Waals surface area contributed by atoms with Crippen molar-refractivity contribution in [1.82, 2.24) is 4.98 Å². The van der Waals surface area contributed by atoms with E-state index in [9.17, 15) is 4.79 Å². The Bertz CT molecular complexity index is 368. The van der Waals surface area contributed by atoms with Crippen LogP contribution in [0.4, 0.5) is 0 Å². The largest absolute Gasteiger partial charge is 0.299 e. The number of ketones is 1. The van der Waals surface area contributed by atoms with Crippen molar-refractivity contribution in [2.24, 2.45) is 5.92 Å². The molecule has 0 radical (unpaired) electrons. The zero-order valence-electron chi connectivity index (χ0n) is 11.3. The molecule has 0 bridgehead atoms. The van der Waals surface area contributed by atoms with Crippen LogP contribution in [0.2, 0.25) is 0 Å². The molecular weight excluding hydrogens is 222 g/mol. The zero-order chi connectivity index (χ0) is 12.8. The number of Topliss-reactive ketones (excluding diaryl/α,β-unsaturated/α-hetero) is 1. The second-order valence-corrected chi connectivity index (χ2v) is 5.51. The number of rotatable bonds is 5. The van der Waals surface area contributed by atoms with Crippen molar-refractivity contribution >= 4 is 5.78 Å². The van der Waals surface area contributed by atoms with Gasteiger partial charge in [0.05, 0.1) is 0 Å². The van der Waals surface area contributed by atoms with Gasteiger partial charge in [0.2, 0.25) is 0 Å². The molecule has 0 spiro atoms. The summed E-state index contributed by atoms with van der Waals surface area (Å²) in [4.78, 5) is 16.2. The van der Waals surface area contributed by atoms with Crippen molar-refractivity contribution in [2.75, 3.05) is 0 Å². The molecule has 1 saturated carbocycles. The van der Waals surface area contributed by atoms with E-state index in [1.54, 1.807) is 12.4 Å². The van der Waals surface area contributed by atoms with Crippen LogP contribution >= 0.6 is 0 Å². The van der Waals surface area contributed by atoms with Crippen LogP contribution in [0, 0.1) is 5.92 Å². The molecule has 2 heteroatoms. The Labute approximate surface area is 110 Å². The second kappa shape index (κ2) is 6.67. The minimum absolute atomic E-state index is 0.0246. The van der Waals surface area contributed by atoms with E-state index < -0.39 is 0 Å². The van der Waals surface area contributed by atoms with E-state index in [0.29, 0.717) is 5.78 Å². The summed E-state index contributed by atoms with van der Waals surface area (Å²) < 4.78 is 0. The van der Waals surface area contributed by atoms with E-state index >= 15 is 0 Å². The molecule has 0 N–H and O–H groups in total. The Hall–Kier alpha value is -1.18. The first kappa shape index (κ1) is 13.3. The molecule has 1 heterocycles. The number of nitrogens with zero attached hydrogens (tertiary/aromatic N) is 1. The van der Waals surface area contributed by atoms with Crippen LogP contribution in [0.15, 0.2) is 24.5 Å². The van der Waals surface area contributed by atoms with Gasteiger partial charge in [-0.15, -0.1) is 0 Å². The normalized spacial score (nSPS) is 18.5. The standard InChI is InChI=1S/C16H23NO/c1-13(15-9-11-17-12-10-15)16(18)8-7-14-5-3-2-4-6-14/h9-14H,2-8H2,1H3. The highest BCUT2D eigenvalue weighted by atomic mass is 16.1. The summed E-state index contributed by atoms with van der Waals surface area (Å²) in [5.74, 6) is 1.20. The molecule has 1 aromatic heterocycles. The van der Waals surface area contributed by atoms with Crippen molar-refractivity contribution in [2.45, 2.75) is 57.8 Å². The lowest BCUT2D eigenvalue weighted by molar-refractivity contribution is -0.120. The van der Waals surface area contributed by atoms with Gasteiger partial charge in [-0.3, -0.25) is 9.78 Å². The first-order valence-corrected chi connectivity index (χ1v) is 7.20. The van der Waals surface area contributed by atoms with E-state index in [1.807, 2.05) is 19.1 Å². The van der Waals surface area contributed by atoms with Crippen molar-refractivity contribution in [3.63, 3.8) is 0 Å². The topological polar surface area (TPSA) is 30.0 Å². The summed E-state index contributed by atoms with van der Waals surface area (Å²) in [5, 5.41) is 0. The number of hydrogen-bond donors (Lipinski definition) is 0. The summed E-state index contributed by atoms with van der Waals surface area (Å²) in [6, 6.07) is 3.90. The predicted octanol–water partition coefficient (Wildman–Crippen LogP) is 4.11. The van der Waals surface area contributed by atoms with Gasteiger partial charge in [-0.1, -0.05) is 39.0 Å². The van der Waals surface area contributed by atoms with Crippen LogP contribution in [0.3, 0.4) is 0 Å². The van der Waals surface area contributed by atoms with Crippen LogP contribution in [-0.2, 0) is 4.79 Å². The fraction of sp³-hybridized carbons (Fsp3) is 0.625. The zero-order valence-corrected chi connectivity index (χ0v) is 11.3. The molecule has 98 valence electrons. The summed E-state index contributed by atoms with van der Waals surface area (Å²) in [7, 11) is 0. The van der Waals surface area contributed by atoms with Crippen LogP contribution in [0.25, 0.3) is 0 Å². The van der Waals surface area contributed by atoms with E-state index in [1.165, 1.54) is 32.1 Å². The van der Waals surface area contributed by atoms with Gasteiger partial charge in [0.1, 0.15) is 5.78 Å². The number of pyridine rings is 1. The molecule has 0 amide bonds.